The van der Waals surface area contributed by atoms with Crippen LogP contribution in [0.5, 0.6) is 0 Å². The molecule has 0 spiro atoms. The van der Waals surface area contributed by atoms with Crippen LogP contribution in [0.2, 0.25) is 10.0 Å². The minimum absolute atomic E-state index is 0.123. The van der Waals surface area contributed by atoms with Gasteiger partial charge in [-0.3, -0.25) is 0 Å². The number of piperidine rings is 1. The lowest BCUT2D eigenvalue weighted by Crippen LogP contribution is -2.51. The number of alkyl halides is 2. The van der Waals surface area contributed by atoms with Crippen molar-refractivity contribution >= 4 is 68.4 Å². The minimum atomic E-state index is -0.123. The van der Waals surface area contributed by atoms with Crippen LogP contribution in [-0.4, -0.2) is 28.0 Å². The molecule has 0 radical (unpaired) electrons. The maximum Gasteiger partial charge on any atom is 0.0838 e. The molecular formula is C23H25Cl2I2N. The van der Waals surface area contributed by atoms with E-state index in [0.29, 0.717) is 15.8 Å². The van der Waals surface area contributed by atoms with Crippen molar-refractivity contribution in [2.75, 3.05) is 7.05 Å². The number of hydrogen-bond donors (Lipinski definition) is 0. The van der Waals surface area contributed by atoms with Gasteiger partial charge in [-0.05, 0) is 73.5 Å². The first kappa shape index (κ1) is 21.7. The number of fused-ring (bicyclic) bond motifs is 2. The minimum Gasteiger partial charge on any atom is -0.300 e. The Kier molecular flexibility index (Phi) is 6.59. The van der Waals surface area contributed by atoms with E-state index in [-0.39, 0.29) is 3.42 Å². The van der Waals surface area contributed by atoms with Crippen LogP contribution < -0.4 is 0 Å². The van der Waals surface area contributed by atoms with E-state index in [1.807, 2.05) is 24.3 Å². The first-order valence-corrected chi connectivity index (χ1v) is 13.0. The molecule has 2 fully saturated rings. The van der Waals surface area contributed by atoms with Crippen molar-refractivity contribution in [1.82, 2.24) is 4.90 Å². The average Bonchev–Trinajstić information content (AvgIpc) is 2.95. The molecule has 5 heteroatoms. The van der Waals surface area contributed by atoms with Crippen molar-refractivity contribution in [1.29, 1.82) is 0 Å². The molecule has 0 aromatic heterocycles. The average molecular weight is 640 g/mol. The molecule has 0 N–H and O–H groups in total. The van der Waals surface area contributed by atoms with Crippen molar-refractivity contribution in [3.63, 3.8) is 0 Å². The number of rotatable bonds is 4. The zero-order valence-corrected chi connectivity index (χ0v) is 21.9. The molecule has 5 atom stereocenters. The lowest BCUT2D eigenvalue weighted by atomic mass is 9.73. The summed E-state index contributed by atoms with van der Waals surface area (Å²) in [4.78, 5) is 2.64. The summed E-state index contributed by atoms with van der Waals surface area (Å²) in [5.74, 6) is 1.37. The predicted molar refractivity (Wildman–Crippen MR) is 137 cm³/mol. The normalized spacial score (nSPS) is 29.1. The van der Waals surface area contributed by atoms with Gasteiger partial charge in [-0.1, -0.05) is 99.6 Å². The molecule has 2 aliphatic rings. The molecule has 2 aromatic rings. The van der Waals surface area contributed by atoms with Gasteiger partial charge < -0.3 is 4.90 Å². The van der Waals surface area contributed by atoms with Gasteiger partial charge >= 0.3 is 0 Å². The highest BCUT2D eigenvalue weighted by atomic mass is 127. The molecule has 2 bridgehead atoms. The van der Waals surface area contributed by atoms with Crippen LogP contribution in [0.3, 0.4) is 0 Å². The molecule has 28 heavy (non-hydrogen) atoms. The van der Waals surface area contributed by atoms with Crippen LogP contribution in [0.25, 0.3) is 0 Å². The number of halogens is 4. The van der Waals surface area contributed by atoms with Gasteiger partial charge in [0.05, 0.1) is 3.42 Å². The van der Waals surface area contributed by atoms with E-state index < -0.39 is 0 Å². The Balaban J connectivity index is 1.77. The summed E-state index contributed by atoms with van der Waals surface area (Å²) in [6.07, 6.45) is 3.98. The lowest BCUT2D eigenvalue weighted by Gasteiger charge is -2.47. The van der Waals surface area contributed by atoms with E-state index in [9.17, 15) is 0 Å². The summed E-state index contributed by atoms with van der Waals surface area (Å²) in [7, 11) is 2.33. The molecule has 2 heterocycles. The van der Waals surface area contributed by atoms with E-state index in [0.717, 1.165) is 22.1 Å². The van der Waals surface area contributed by atoms with E-state index in [4.69, 9.17) is 23.2 Å². The molecule has 0 aliphatic carbocycles. The summed E-state index contributed by atoms with van der Waals surface area (Å²) >= 11 is 17.9. The SMILES string of the molecule is CC1C(C(I)C(I)(c2ccc(Cl)cc2)c2ccc(Cl)cc2)CC2CCC1N2C. The second-order valence-corrected chi connectivity index (χ2v) is 12.3. The van der Waals surface area contributed by atoms with Gasteiger partial charge in [-0.2, -0.15) is 0 Å². The maximum atomic E-state index is 6.22. The fourth-order valence-corrected chi connectivity index (χ4v) is 8.42. The third-order valence-corrected chi connectivity index (χ3v) is 12.5. The molecule has 0 amide bonds. The molecular weight excluding hydrogens is 615 g/mol. The number of hydrogen-bond acceptors (Lipinski definition) is 1. The smallest absolute Gasteiger partial charge is 0.0838 e. The topological polar surface area (TPSA) is 3.24 Å². The lowest BCUT2D eigenvalue weighted by molar-refractivity contribution is 0.0760. The molecule has 4 rings (SSSR count). The highest BCUT2D eigenvalue weighted by Crippen LogP contribution is 2.54. The standard InChI is InChI=1S/C23H25Cl2I2N/c1-14-20(13-19-11-12-21(14)28(19)2)22(26)23(27,15-3-7-17(24)8-4-15)16-5-9-18(25)10-6-16/h3-10,14,19-22H,11-13H2,1-2H3. The van der Waals surface area contributed by atoms with Gasteiger partial charge in [0, 0.05) is 26.1 Å². The van der Waals surface area contributed by atoms with E-state index in [1.165, 1.54) is 30.4 Å². The van der Waals surface area contributed by atoms with Crippen molar-refractivity contribution in [2.45, 2.75) is 45.6 Å². The largest absolute Gasteiger partial charge is 0.300 e. The summed E-state index contributed by atoms with van der Waals surface area (Å²) in [5.41, 5.74) is 2.63. The molecule has 2 aliphatic heterocycles. The summed E-state index contributed by atoms with van der Waals surface area (Å²) in [6.45, 7) is 2.47. The van der Waals surface area contributed by atoms with Crippen molar-refractivity contribution in [3.05, 3.63) is 69.7 Å². The summed E-state index contributed by atoms with van der Waals surface area (Å²) in [6, 6.07) is 18.3. The number of benzene rings is 2. The van der Waals surface area contributed by atoms with E-state index in [1.54, 1.807) is 0 Å². The van der Waals surface area contributed by atoms with Crippen LogP contribution >= 0.6 is 68.4 Å². The van der Waals surface area contributed by atoms with Gasteiger partial charge in [0.25, 0.3) is 0 Å². The molecule has 1 nitrogen and oxygen atoms in total. The number of nitrogens with zero attached hydrogens (tertiary/aromatic N) is 1. The zero-order chi connectivity index (χ0) is 20.1. The van der Waals surface area contributed by atoms with Crippen LogP contribution in [-0.2, 0) is 3.42 Å². The zero-order valence-electron chi connectivity index (χ0n) is 16.1. The molecule has 5 unspecified atom stereocenters. The Hall–Kier alpha value is 0.440. The molecule has 2 aromatic carbocycles. The fourth-order valence-electron chi connectivity index (χ4n) is 5.32. The second kappa shape index (κ2) is 8.52. The van der Waals surface area contributed by atoms with E-state index in [2.05, 4.69) is 88.3 Å². The third kappa shape index (κ3) is 3.76. The van der Waals surface area contributed by atoms with Gasteiger partial charge in [0.2, 0.25) is 0 Å². The van der Waals surface area contributed by atoms with Gasteiger partial charge in [0.15, 0.2) is 0 Å². The van der Waals surface area contributed by atoms with Crippen LogP contribution in [0, 0.1) is 11.8 Å². The maximum absolute atomic E-state index is 6.22. The van der Waals surface area contributed by atoms with Crippen LogP contribution in [0.15, 0.2) is 48.5 Å². The van der Waals surface area contributed by atoms with Gasteiger partial charge in [-0.15, -0.1) is 0 Å². The fraction of sp³-hybridized carbons (Fsp3) is 0.478. The first-order valence-electron chi connectivity index (χ1n) is 9.89. The summed E-state index contributed by atoms with van der Waals surface area (Å²) < 4.78 is 0.349. The Labute approximate surface area is 205 Å². The second-order valence-electron chi connectivity index (χ2n) is 8.35. The highest BCUT2D eigenvalue weighted by molar-refractivity contribution is 14.1. The van der Waals surface area contributed by atoms with Crippen LogP contribution in [0.1, 0.15) is 37.3 Å². The molecule has 2 saturated heterocycles. The molecule has 0 saturated carbocycles. The first-order chi connectivity index (χ1) is 13.3. The van der Waals surface area contributed by atoms with Crippen molar-refractivity contribution in [2.24, 2.45) is 11.8 Å². The Morgan fingerprint density at radius 1 is 0.964 bits per heavy atom. The molecule has 150 valence electrons. The van der Waals surface area contributed by atoms with Crippen LogP contribution in [0.4, 0.5) is 0 Å². The quantitative estimate of drug-likeness (QED) is 0.246. The Bertz CT molecular complexity index is 778. The Morgan fingerprint density at radius 2 is 1.46 bits per heavy atom. The Morgan fingerprint density at radius 3 is 1.96 bits per heavy atom. The third-order valence-electron chi connectivity index (χ3n) is 7.01. The van der Waals surface area contributed by atoms with Crippen molar-refractivity contribution < 1.29 is 0 Å². The van der Waals surface area contributed by atoms with E-state index >= 15 is 0 Å². The highest BCUT2D eigenvalue weighted by Gasteiger charge is 2.51. The summed E-state index contributed by atoms with van der Waals surface area (Å²) in [5, 5.41) is 1.57. The predicted octanol–water partition coefficient (Wildman–Crippen LogP) is 7.59. The monoisotopic (exact) mass is 639 g/mol. The van der Waals surface area contributed by atoms with Gasteiger partial charge in [0.1, 0.15) is 0 Å². The van der Waals surface area contributed by atoms with Gasteiger partial charge in [-0.25, -0.2) is 0 Å². The van der Waals surface area contributed by atoms with Crippen molar-refractivity contribution in [3.8, 4) is 0 Å².